The summed E-state index contributed by atoms with van der Waals surface area (Å²) in [5, 5.41) is 12.0. The summed E-state index contributed by atoms with van der Waals surface area (Å²) in [6, 6.07) is 28.5. The molecule has 1 N–H and O–H groups in total. The van der Waals surface area contributed by atoms with Crippen LogP contribution in [0.4, 0.5) is 0 Å². The molecule has 0 unspecified atom stereocenters. The number of para-hydroxylation sites is 1. The van der Waals surface area contributed by atoms with Crippen LogP contribution in [0.2, 0.25) is 0 Å². The van der Waals surface area contributed by atoms with E-state index < -0.39 is 0 Å². The van der Waals surface area contributed by atoms with E-state index in [9.17, 15) is 9.59 Å². The van der Waals surface area contributed by atoms with E-state index >= 15 is 0 Å². The zero-order chi connectivity index (χ0) is 21.5. The molecular weight excluding hydrogens is 408 g/mol. The number of amides is 1. The van der Waals surface area contributed by atoms with Crippen molar-refractivity contribution in [1.29, 1.82) is 0 Å². The van der Waals surface area contributed by atoms with E-state index in [0.717, 1.165) is 11.3 Å². The van der Waals surface area contributed by atoms with Gasteiger partial charge in [-0.2, -0.15) is 0 Å². The third-order valence-electron chi connectivity index (χ3n) is 4.55. The van der Waals surface area contributed by atoms with Gasteiger partial charge in [0, 0.05) is 16.8 Å². The van der Waals surface area contributed by atoms with Crippen molar-refractivity contribution in [3.05, 3.63) is 96.6 Å². The zero-order valence-corrected chi connectivity index (χ0v) is 17.5. The van der Waals surface area contributed by atoms with Crippen molar-refractivity contribution in [1.82, 2.24) is 20.1 Å². The first-order valence-corrected chi connectivity index (χ1v) is 10.7. The number of aromatic nitrogens is 3. The summed E-state index contributed by atoms with van der Waals surface area (Å²) in [5.74, 6) is 0.465. The van der Waals surface area contributed by atoms with Crippen LogP contribution in [0.25, 0.3) is 17.1 Å². The Kier molecular flexibility index (Phi) is 6.54. The zero-order valence-electron chi connectivity index (χ0n) is 16.6. The maximum Gasteiger partial charge on any atom is 0.230 e. The molecule has 4 rings (SSSR count). The molecule has 7 heteroatoms. The summed E-state index contributed by atoms with van der Waals surface area (Å²) in [5.41, 5.74) is 2.42. The number of Topliss-reactive ketones (excluding diaryl/α,β-unsaturated/α-hetero) is 1. The number of hydrogen-bond donors (Lipinski definition) is 1. The Morgan fingerprint density at radius 1 is 0.806 bits per heavy atom. The van der Waals surface area contributed by atoms with Crippen LogP contribution in [0.5, 0.6) is 0 Å². The van der Waals surface area contributed by atoms with Crippen LogP contribution in [-0.4, -0.2) is 38.8 Å². The molecule has 1 amide bonds. The summed E-state index contributed by atoms with van der Waals surface area (Å²) in [4.78, 5) is 24.5. The quantitative estimate of drug-likeness (QED) is 0.339. The van der Waals surface area contributed by atoms with Crippen molar-refractivity contribution in [3.63, 3.8) is 0 Å². The molecular formula is C24H20N4O2S. The maximum atomic E-state index is 12.3. The number of benzene rings is 3. The summed E-state index contributed by atoms with van der Waals surface area (Å²) in [6.07, 6.45) is 0. The minimum Gasteiger partial charge on any atom is -0.348 e. The van der Waals surface area contributed by atoms with Crippen LogP contribution < -0.4 is 5.32 Å². The first kappa shape index (κ1) is 20.6. The van der Waals surface area contributed by atoms with Crippen LogP contribution >= 0.6 is 11.8 Å². The second-order valence-electron chi connectivity index (χ2n) is 6.70. The van der Waals surface area contributed by atoms with Crippen molar-refractivity contribution in [3.8, 4) is 17.1 Å². The Bertz CT molecular complexity index is 1160. The smallest absolute Gasteiger partial charge is 0.230 e. The van der Waals surface area contributed by atoms with Gasteiger partial charge in [-0.15, -0.1) is 10.2 Å². The van der Waals surface area contributed by atoms with E-state index in [1.165, 1.54) is 11.8 Å². The molecule has 4 aromatic rings. The normalized spacial score (nSPS) is 10.6. The molecule has 0 aliphatic rings. The number of thioether (sulfide) groups is 1. The average molecular weight is 429 g/mol. The molecule has 0 fully saturated rings. The highest BCUT2D eigenvalue weighted by Crippen LogP contribution is 2.27. The third kappa shape index (κ3) is 5.07. The van der Waals surface area contributed by atoms with E-state index in [0.29, 0.717) is 16.5 Å². The molecule has 154 valence electrons. The van der Waals surface area contributed by atoms with Gasteiger partial charge in [-0.3, -0.25) is 14.2 Å². The van der Waals surface area contributed by atoms with Crippen LogP contribution in [-0.2, 0) is 4.79 Å². The van der Waals surface area contributed by atoms with Crippen molar-refractivity contribution >= 4 is 23.5 Å². The standard InChI is InChI=1S/C24H20N4O2S/c29-21(18-10-4-1-5-11-18)16-25-22(30)17-31-24-27-26-23(19-12-6-2-7-13-19)28(24)20-14-8-3-9-15-20/h1-15H,16-17H2,(H,25,30). The number of hydrogen-bond acceptors (Lipinski definition) is 5. The molecule has 0 bridgehead atoms. The predicted octanol–water partition coefficient (Wildman–Crippen LogP) is 4.03. The number of rotatable bonds is 8. The molecule has 6 nitrogen and oxygen atoms in total. The lowest BCUT2D eigenvalue weighted by atomic mass is 10.1. The van der Waals surface area contributed by atoms with Gasteiger partial charge in [0.2, 0.25) is 5.91 Å². The minimum absolute atomic E-state index is 0.0377. The molecule has 0 aliphatic carbocycles. The van der Waals surface area contributed by atoms with Gasteiger partial charge in [0.15, 0.2) is 16.8 Å². The Morgan fingerprint density at radius 2 is 1.42 bits per heavy atom. The lowest BCUT2D eigenvalue weighted by Gasteiger charge is -2.10. The van der Waals surface area contributed by atoms with E-state index in [1.54, 1.807) is 24.3 Å². The van der Waals surface area contributed by atoms with Crippen molar-refractivity contribution in [2.24, 2.45) is 0 Å². The largest absolute Gasteiger partial charge is 0.348 e. The third-order valence-corrected chi connectivity index (χ3v) is 5.48. The minimum atomic E-state index is -0.238. The Labute approximate surface area is 184 Å². The molecule has 0 aliphatic heterocycles. The van der Waals surface area contributed by atoms with Crippen LogP contribution in [0.15, 0.2) is 96.2 Å². The van der Waals surface area contributed by atoms with Gasteiger partial charge in [-0.05, 0) is 12.1 Å². The summed E-state index contributed by atoms with van der Waals surface area (Å²) in [6.45, 7) is -0.0377. The second-order valence-corrected chi connectivity index (χ2v) is 7.64. The number of nitrogens with zero attached hydrogens (tertiary/aromatic N) is 3. The van der Waals surface area contributed by atoms with Gasteiger partial charge in [0.25, 0.3) is 0 Å². The molecule has 0 spiro atoms. The first-order chi connectivity index (χ1) is 15.2. The molecule has 0 saturated carbocycles. The summed E-state index contributed by atoms with van der Waals surface area (Å²) >= 11 is 1.28. The molecule has 31 heavy (non-hydrogen) atoms. The first-order valence-electron chi connectivity index (χ1n) is 9.76. The summed E-state index contributed by atoms with van der Waals surface area (Å²) < 4.78 is 1.93. The molecule has 0 radical (unpaired) electrons. The van der Waals surface area contributed by atoms with Gasteiger partial charge in [-0.25, -0.2) is 0 Å². The SMILES string of the molecule is O=C(CSc1nnc(-c2ccccc2)n1-c1ccccc1)NCC(=O)c1ccccc1. The van der Waals surface area contributed by atoms with Crippen LogP contribution in [0, 0.1) is 0 Å². The molecule has 0 saturated heterocycles. The van der Waals surface area contributed by atoms with E-state index in [4.69, 9.17) is 0 Å². The topological polar surface area (TPSA) is 76.9 Å². The van der Waals surface area contributed by atoms with Gasteiger partial charge >= 0.3 is 0 Å². The average Bonchev–Trinajstić information content (AvgIpc) is 3.27. The molecule has 1 heterocycles. The van der Waals surface area contributed by atoms with Gasteiger partial charge in [0.1, 0.15) is 0 Å². The monoisotopic (exact) mass is 428 g/mol. The van der Waals surface area contributed by atoms with E-state index in [1.807, 2.05) is 71.3 Å². The highest BCUT2D eigenvalue weighted by Gasteiger charge is 2.17. The van der Waals surface area contributed by atoms with Gasteiger partial charge < -0.3 is 5.32 Å². The lowest BCUT2D eigenvalue weighted by Crippen LogP contribution is -2.30. The fourth-order valence-electron chi connectivity index (χ4n) is 3.03. The van der Waals surface area contributed by atoms with E-state index in [2.05, 4.69) is 15.5 Å². The van der Waals surface area contributed by atoms with Crippen molar-refractivity contribution < 1.29 is 9.59 Å². The predicted molar refractivity (Wildman–Crippen MR) is 121 cm³/mol. The number of ketones is 1. The fourth-order valence-corrected chi connectivity index (χ4v) is 3.82. The van der Waals surface area contributed by atoms with Crippen molar-refractivity contribution in [2.75, 3.05) is 12.3 Å². The fraction of sp³-hybridized carbons (Fsp3) is 0.0833. The lowest BCUT2D eigenvalue weighted by molar-refractivity contribution is -0.118. The highest BCUT2D eigenvalue weighted by atomic mass is 32.2. The Balaban J connectivity index is 1.47. The number of carbonyl (C=O) groups is 2. The van der Waals surface area contributed by atoms with Gasteiger partial charge in [-0.1, -0.05) is 90.6 Å². The van der Waals surface area contributed by atoms with Crippen LogP contribution in [0.3, 0.4) is 0 Å². The summed E-state index contributed by atoms with van der Waals surface area (Å²) in [7, 11) is 0. The number of carbonyl (C=O) groups excluding carboxylic acids is 2. The van der Waals surface area contributed by atoms with Gasteiger partial charge in [0.05, 0.1) is 12.3 Å². The molecule has 0 atom stereocenters. The van der Waals surface area contributed by atoms with Crippen LogP contribution in [0.1, 0.15) is 10.4 Å². The Hall–Kier alpha value is -3.71. The Morgan fingerprint density at radius 3 is 2.10 bits per heavy atom. The second kappa shape index (κ2) is 9.86. The molecule has 3 aromatic carbocycles. The molecule has 1 aromatic heterocycles. The highest BCUT2D eigenvalue weighted by molar-refractivity contribution is 7.99. The maximum absolute atomic E-state index is 12.3. The van der Waals surface area contributed by atoms with E-state index in [-0.39, 0.29) is 24.0 Å². The van der Waals surface area contributed by atoms with Crippen molar-refractivity contribution in [2.45, 2.75) is 5.16 Å². The number of nitrogens with one attached hydrogen (secondary N) is 1.